The van der Waals surface area contributed by atoms with E-state index in [1.54, 1.807) is 66.7 Å². The van der Waals surface area contributed by atoms with Crippen molar-refractivity contribution in [3.8, 4) is 5.75 Å². The Hall–Kier alpha value is -2.68. The molecule has 3 aromatic carbocycles. The molecule has 5 heteroatoms. The van der Waals surface area contributed by atoms with Crippen molar-refractivity contribution in [1.29, 1.82) is 0 Å². The Balaban J connectivity index is 2.45. The highest BCUT2D eigenvalue weighted by Crippen LogP contribution is 2.60. The average molecular weight is 352 g/mol. The van der Waals surface area contributed by atoms with Gasteiger partial charge in [-0.2, -0.15) is 0 Å². The van der Waals surface area contributed by atoms with Gasteiger partial charge >= 0.3 is 0 Å². The quantitative estimate of drug-likeness (QED) is 0.664. The van der Waals surface area contributed by atoms with Crippen LogP contribution in [0.4, 0.5) is 0 Å². The first-order valence-electron chi connectivity index (χ1n) is 7.76. The summed E-state index contributed by atoms with van der Waals surface area (Å²) >= 11 is 0. The molecule has 126 valence electrons. The predicted molar refractivity (Wildman–Crippen MR) is 97.8 cm³/mol. The topological polar surface area (TPSA) is 80.6 Å². The molecule has 1 unspecified atom stereocenters. The number of carboxylic acid groups (broad SMARTS) is 1. The van der Waals surface area contributed by atoms with Crippen LogP contribution < -0.4 is 21.0 Å². The summed E-state index contributed by atoms with van der Waals surface area (Å²) in [6.45, 7) is 0. The van der Waals surface area contributed by atoms with E-state index in [4.69, 9.17) is 0 Å². The second-order valence-corrected chi connectivity index (χ2v) is 9.02. The molecule has 0 saturated heterocycles. The molecular weight excluding hydrogens is 335 g/mol. The maximum Gasteiger partial charge on any atom is 0.219 e. The highest BCUT2D eigenvalue weighted by molar-refractivity contribution is 7.96. The van der Waals surface area contributed by atoms with Crippen molar-refractivity contribution >= 4 is 29.1 Å². The highest BCUT2D eigenvalue weighted by atomic mass is 31.2. The van der Waals surface area contributed by atoms with E-state index in [0.717, 1.165) is 0 Å². The number of phenols is 1. The monoisotopic (exact) mass is 352 g/mol. The van der Waals surface area contributed by atoms with Gasteiger partial charge in [-0.1, -0.05) is 48.5 Å². The van der Waals surface area contributed by atoms with E-state index >= 15 is 0 Å². The lowest BCUT2D eigenvalue weighted by atomic mass is 10.3. The Morgan fingerprint density at radius 2 is 1.24 bits per heavy atom. The van der Waals surface area contributed by atoms with Gasteiger partial charge in [0.2, 0.25) is 5.85 Å². The van der Waals surface area contributed by atoms with Crippen LogP contribution in [0.2, 0.25) is 0 Å². The lowest BCUT2D eigenvalue weighted by Gasteiger charge is -2.32. The van der Waals surface area contributed by atoms with Crippen LogP contribution in [-0.2, 0) is 4.79 Å². The molecule has 25 heavy (non-hydrogen) atoms. The summed E-state index contributed by atoms with van der Waals surface area (Å²) in [6, 6.07) is 24.4. The number of carboxylic acids is 1. The Kier molecular flexibility index (Phi) is 4.84. The van der Waals surface area contributed by atoms with Crippen LogP contribution in [-0.4, -0.2) is 22.0 Å². The second-order valence-electron chi connectivity index (χ2n) is 5.58. The van der Waals surface area contributed by atoms with Gasteiger partial charge in [-0.05, 0) is 36.4 Å². The molecule has 0 aliphatic rings. The van der Waals surface area contributed by atoms with Crippen LogP contribution in [0.5, 0.6) is 5.75 Å². The molecule has 0 bridgehead atoms. The zero-order valence-electron chi connectivity index (χ0n) is 13.3. The van der Waals surface area contributed by atoms with E-state index < -0.39 is 19.1 Å². The Bertz CT molecular complexity index is 826. The normalized spacial score (nSPS) is 12.5. The van der Waals surface area contributed by atoms with Crippen LogP contribution in [0.25, 0.3) is 0 Å². The fourth-order valence-corrected chi connectivity index (χ4v) is 7.13. The number of aromatic hydroxyl groups is 1. The molecule has 0 aromatic heterocycles. The predicted octanol–water partition coefficient (Wildman–Crippen LogP) is 0.754. The molecule has 0 fully saturated rings. The van der Waals surface area contributed by atoms with Gasteiger partial charge in [-0.15, -0.1) is 0 Å². The van der Waals surface area contributed by atoms with E-state index in [1.807, 2.05) is 12.1 Å². The van der Waals surface area contributed by atoms with Crippen molar-refractivity contribution < 1.29 is 20.1 Å². The Morgan fingerprint density at radius 1 is 0.800 bits per heavy atom. The maximum atomic E-state index is 11.8. The molecule has 1 atom stereocenters. The van der Waals surface area contributed by atoms with E-state index in [9.17, 15) is 20.1 Å². The molecule has 2 N–H and O–H groups in total. The first-order valence-corrected chi connectivity index (χ1v) is 9.61. The number of phenolic OH excluding ortho intramolecular Hbond substituents is 1. The number of carbonyl (C=O) groups is 1. The fraction of sp³-hybridized carbons (Fsp3) is 0.0500. The minimum absolute atomic E-state index is 0.0520. The number of benzene rings is 3. The summed E-state index contributed by atoms with van der Waals surface area (Å²) < 4.78 is 0. The third-order valence-electron chi connectivity index (χ3n) is 4.17. The van der Waals surface area contributed by atoms with Gasteiger partial charge in [0.05, 0.1) is 0 Å². The number of rotatable bonds is 5. The molecule has 3 aromatic rings. The number of hydrogen-bond donors (Lipinski definition) is 2. The second kappa shape index (κ2) is 7.06. The van der Waals surface area contributed by atoms with Crippen molar-refractivity contribution in [3.63, 3.8) is 0 Å². The highest BCUT2D eigenvalue weighted by Gasteiger charge is 2.54. The summed E-state index contributed by atoms with van der Waals surface area (Å²) in [5.74, 6) is -3.40. The number of carbonyl (C=O) groups excluding carboxylic acids is 1. The van der Waals surface area contributed by atoms with Gasteiger partial charge in [-0.3, -0.25) is 0 Å². The summed E-state index contributed by atoms with van der Waals surface area (Å²) in [5.41, 5.74) is 0. The van der Waals surface area contributed by atoms with Crippen molar-refractivity contribution in [1.82, 2.24) is 0 Å². The molecule has 0 radical (unpaired) electrons. The lowest BCUT2D eigenvalue weighted by Crippen LogP contribution is -2.47. The van der Waals surface area contributed by atoms with Crippen molar-refractivity contribution in [2.24, 2.45) is 0 Å². The number of aliphatic hydroxyl groups excluding tert-OH is 1. The molecule has 4 nitrogen and oxygen atoms in total. The minimum atomic E-state index is -3.09. The zero-order chi connectivity index (χ0) is 17.9. The SMILES string of the molecule is O=C([O-])C(O)[P+](c1ccccc1)(c1ccccc1)c1ccccc1O. The van der Waals surface area contributed by atoms with Crippen LogP contribution in [0.1, 0.15) is 0 Å². The summed E-state index contributed by atoms with van der Waals surface area (Å²) in [5, 5.41) is 34.8. The molecule has 0 heterocycles. The van der Waals surface area contributed by atoms with E-state index in [-0.39, 0.29) is 5.75 Å². The van der Waals surface area contributed by atoms with Crippen molar-refractivity contribution in [3.05, 3.63) is 84.9 Å². The zero-order valence-corrected chi connectivity index (χ0v) is 14.2. The fourth-order valence-electron chi connectivity index (χ4n) is 3.09. The number of aliphatic hydroxyl groups is 1. The van der Waals surface area contributed by atoms with Crippen LogP contribution in [0.15, 0.2) is 84.9 Å². The lowest BCUT2D eigenvalue weighted by molar-refractivity contribution is -0.310. The molecule has 3 rings (SSSR count). The van der Waals surface area contributed by atoms with E-state index in [2.05, 4.69) is 0 Å². The van der Waals surface area contributed by atoms with Gasteiger partial charge in [0.1, 0.15) is 21.9 Å². The summed E-state index contributed by atoms with van der Waals surface area (Å²) in [7, 11) is -3.09. The Labute approximate surface area is 146 Å². The molecule has 0 spiro atoms. The standard InChI is InChI=1S/C20H17O4P/c21-17-13-7-8-14-18(17)25(20(24)19(22)23,15-9-3-1-4-10-15)16-11-5-2-6-12-16/h1-14,20,24H,(H-,21,22,23). The van der Waals surface area contributed by atoms with Gasteiger partial charge in [0.15, 0.2) is 13.0 Å². The first-order chi connectivity index (χ1) is 12.1. The summed E-state index contributed by atoms with van der Waals surface area (Å²) in [4.78, 5) is 11.8. The molecular formula is C20H17O4P. The largest absolute Gasteiger partial charge is 0.543 e. The van der Waals surface area contributed by atoms with E-state index in [1.165, 1.54) is 6.07 Å². The van der Waals surface area contributed by atoms with Crippen LogP contribution in [0.3, 0.4) is 0 Å². The molecule has 0 aliphatic carbocycles. The number of hydrogen-bond acceptors (Lipinski definition) is 4. The maximum absolute atomic E-state index is 11.8. The molecule has 0 aliphatic heterocycles. The minimum Gasteiger partial charge on any atom is -0.543 e. The van der Waals surface area contributed by atoms with Crippen LogP contribution in [0, 0.1) is 0 Å². The molecule has 0 amide bonds. The van der Waals surface area contributed by atoms with Crippen LogP contribution >= 0.6 is 7.26 Å². The third-order valence-corrected chi connectivity index (χ3v) is 8.47. The number of aliphatic carboxylic acids is 1. The van der Waals surface area contributed by atoms with Crippen molar-refractivity contribution in [2.45, 2.75) is 5.85 Å². The third kappa shape index (κ3) is 2.91. The van der Waals surface area contributed by atoms with E-state index in [0.29, 0.717) is 15.9 Å². The average Bonchev–Trinajstić information content (AvgIpc) is 2.65. The smallest absolute Gasteiger partial charge is 0.219 e. The van der Waals surface area contributed by atoms with Gasteiger partial charge < -0.3 is 20.1 Å². The van der Waals surface area contributed by atoms with Gasteiger partial charge in [0, 0.05) is 0 Å². The number of para-hydroxylation sites is 1. The summed E-state index contributed by atoms with van der Waals surface area (Å²) in [6.07, 6.45) is 0. The molecule has 0 saturated carbocycles. The Morgan fingerprint density at radius 3 is 1.68 bits per heavy atom. The first kappa shape index (κ1) is 17.2. The van der Waals surface area contributed by atoms with Crippen molar-refractivity contribution in [2.75, 3.05) is 0 Å². The van der Waals surface area contributed by atoms with Gasteiger partial charge in [-0.25, -0.2) is 0 Å². The van der Waals surface area contributed by atoms with Gasteiger partial charge in [0.25, 0.3) is 0 Å².